The first-order valence-corrected chi connectivity index (χ1v) is 9.91. The Labute approximate surface area is 146 Å². The summed E-state index contributed by atoms with van der Waals surface area (Å²) < 4.78 is 44.2. The van der Waals surface area contributed by atoms with Gasteiger partial charge in [-0.05, 0) is 33.6 Å². The highest BCUT2D eigenvalue weighted by Crippen LogP contribution is 2.47. The number of ketones is 1. The van der Waals surface area contributed by atoms with E-state index in [4.69, 9.17) is 4.74 Å². The average molecular weight is 414 g/mol. The van der Waals surface area contributed by atoms with E-state index in [0.29, 0.717) is 23.4 Å². The first kappa shape index (κ1) is 16.1. The Bertz CT molecular complexity index is 922. The average Bonchev–Trinajstić information content (AvgIpc) is 2.84. The Morgan fingerprint density at radius 2 is 2.04 bits per heavy atom. The van der Waals surface area contributed by atoms with Crippen LogP contribution in [0.25, 0.3) is 0 Å². The number of allylic oxidation sites excluding steroid dienone is 2. The van der Waals surface area contributed by atoms with E-state index in [0.717, 1.165) is 0 Å². The quantitative estimate of drug-likeness (QED) is 0.708. The number of rotatable bonds is 1. The molecule has 126 valence electrons. The molecule has 3 aliphatic heterocycles. The lowest BCUT2D eigenvalue weighted by Crippen LogP contribution is -2.43. The summed E-state index contributed by atoms with van der Waals surface area (Å²) in [7, 11) is -3.47. The molecule has 2 atom stereocenters. The molecule has 1 aromatic carbocycles. The number of sulfone groups is 1. The van der Waals surface area contributed by atoms with Gasteiger partial charge in [0.1, 0.15) is 12.4 Å². The van der Waals surface area contributed by atoms with E-state index < -0.39 is 27.5 Å². The van der Waals surface area contributed by atoms with Crippen LogP contribution in [0.4, 0.5) is 4.39 Å². The second kappa shape index (κ2) is 5.57. The lowest BCUT2D eigenvalue weighted by molar-refractivity contribution is -0.127. The van der Waals surface area contributed by atoms with Crippen molar-refractivity contribution in [3.05, 3.63) is 44.7 Å². The maximum absolute atomic E-state index is 13.6. The number of Topliss-reactive ketones (excluding diaryl/α,β-unsaturated/α-hetero) is 1. The minimum absolute atomic E-state index is 0.00488. The summed E-state index contributed by atoms with van der Waals surface area (Å²) in [6, 6.07) is 4.36. The van der Waals surface area contributed by atoms with E-state index >= 15 is 0 Å². The highest BCUT2D eigenvalue weighted by Gasteiger charge is 2.48. The molecule has 1 saturated heterocycles. The molecule has 1 aromatic rings. The molecular weight excluding hydrogens is 401 g/mol. The fourth-order valence-electron chi connectivity index (χ4n) is 3.60. The molecule has 0 spiro atoms. The molecule has 0 bridgehead atoms. The number of aliphatic imine (C=N–C) groups is 1. The Kier molecular flexibility index (Phi) is 3.74. The number of nitrogens with zero attached hydrogens (tertiary/aromatic N) is 1. The molecule has 0 aliphatic carbocycles. The van der Waals surface area contributed by atoms with Crippen LogP contribution in [0.15, 0.2) is 38.3 Å². The van der Waals surface area contributed by atoms with Crippen molar-refractivity contribution in [2.45, 2.75) is 12.3 Å². The third-order valence-electron chi connectivity index (χ3n) is 4.62. The monoisotopic (exact) mass is 413 g/mol. The number of carbonyl (C=O) groups excluding carboxylic acids is 1. The summed E-state index contributed by atoms with van der Waals surface area (Å²) >= 11 is 3.14. The van der Waals surface area contributed by atoms with Crippen molar-refractivity contribution in [2.24, 2.45) is 10.9 Å². The number of hydrogen-bond acceptors (Lipinski definition) is 5. The fraction of sp³-hybridized carbons (Fsp3) is 0.375. The predicted octanol–water partition coefficient (Wildman–Crippen LogP) is 2.37. The van der Waals surface area contributed by atoms with E-state index in [-0.39, 0.29) is 34.1 Å². The van der Waals surface area contributed by atoms with Crippen molar-refractivity contribution < 1.29 is 22.3 Å². The minimum Gasteiger partial charge on any atom is -0.368 e. The Morgan fingerprint density at radius 3 is 2.79 bits per heavy atom. The molecule has 0 radical (unpaired) electrons. The lowest BCUT2D eigenvalue weighted by Gasteiger charge is -2.34. The van der Waals surface area contributed by atoms with Crippen LogP contribution in [0, 0.1) is 11.7 Å². The maximum Gasteiger partial charge on any atom is 0.177 e. The summed E-state index contributed by atoms with van der Waals surface area (Å²) in [5.41, 5.74) is 1.66. The number of carbonyl (C=O) groups is 1. The number of benzene rings is 1. The lowest BCUT2D eigenvalue weighted by atomic mass is 9.77. The molecule has 1 unspecified atom stereocenters. The number of fused-ring (bicyclic) bond motifs is 1. The highest BCUT2D eigenvalue weighted by molar-refractivity contribution is 9.10. The van der Waals surface area contributed by atoms with Crippen LogP contribution in [-0.4, -0.2) is 38.9 Å². The first-order chi connectivity index (χ1) is 11.4. The third-order valence-corrected chi connectivity index (χ3v) is 7.13. The van der Waals surface area contributed by atoms with Gasteiger partial charge in [-0.2, -0.15) is 0 Å². The number of ether oxygens (including phenoxy) is 1. The van der Waals surface area contributed by atoms with Crippen LogP contribution in [0.3, 0.4) is 0 Å². The molecule has 0 amide bonds. The standard InChI is InChI=1S/C16H13BrFNO4S/c17-9-5-8(1-2-10(9)18)14-15-12(6-23-7-13(15)20)19-11-3-4-24(21,22)16(11)14/h1-2,5,14-15H,3-4,6-7H2/t14-,15?/m1/s1. The van der Waals surface area contributed by atoms with Crippen molar-refractivity contribution in [3.8, 4) is 0 Å². The molecule has 24 heavy (non-hydrogen) atoms. The van der Waals surface area contributed by atoms with Gasteiger partial charge in [-0.1, -0.05) is 6.07 Å². The summed E-state index contributed by atoms with van der Waals surface area (Å²) in [4.78, 5) is 17.1. The molecule has 0 aromatic heterocycles. The zero-order valence-electron chi connectivity index (χ0n) is 12.5. The normalized spacial score (nSPS) is 28.4. The maximum atomic E-state index is 13.6. The van der Waals surface area contributed by atoms with Crippen molar-refractivity contribution in [3.63, 3.8) is 0 Å². The topological polar surface area (TPSA) is 72.8 Å². The largest absolute Gasteiger partial charge is 0.368 e. The Balaban J connectivity index is 1.94. The molecule has 8 heteroatoms. The molecule has 4 rings (SSSR count). The fourth-order valence-corrected chi connectivity index (χ4v) is 5.85. The van der Waals surface area contributed by atoms with E-state index in [9.17, 15) is 17.6 Å². The first-order valence-electron chi connectivity index (χ1n) is 7.47. The summed E-state index contributed by atoms with van der Waals surface area (Å²) in [5.74, 6) is -1.96. The van der Waals surface area contributed by atoms with Gasteiger partial charge < -0.3 is 4.74 Å². The smallest absolute Gasteiger partial charge is 0.177 e. The zero-order valence-corrected chi connectivity index (χ0v) is 14.9. The van der Waals surface area contributed by atoms with Crippen molar-refractivity contribution >= 4 is 37.3 Å². The predicted molar refractivity (Wildman–Crippen MR) is 89.0 cm³/mol. The third kappa shape index (κ3) is 2.39. The van der Waals surface area contributed by atoms with Crippen LogP contribution in [0.5, 0.6) is 0 Å². The zero-order chi connectivity index (χ0) is 17.1. The van der Waals surface area contributed by atoms with Gasteiger partial charge in [0.25, 0.3) is 0 Å². The summed E-state index contributed by atoms with van der Waals surface area (Å²) in [5, 5.41) is 0. The molecule has 5 nitrogen and oxygen atoms in total. The van der Waals surface area contributed by atoms with Gasteiger partial charge in [-0.3, -0.25) is 9.79 Å². The van der Waals surface area contributed by atoms with Gasteiger partial charge in [0, 0.05) is 12.3 Å². The van der Waals surface area contributed by atoms with E-state index in [1.165, 1.54) is 12.1 Å². The Morgan fingerprint density at radius 1 is 1.25 bits per heavy atom. The second-order valence-electron chi connectivity index (χ2n) is 6.07. The van der Waals surface area contributed by atoms with Gasteiger partial charge in [0.15, 0.2) is 15.6 Å². The summed E-state index contributed by atoms with van der Waals surface area (Å²) in [6.45, 7) is 0.150. The van der Waals surface area contributed by atoms with Crippen molar-refractivity contribution in [2.75, 3.05) is 19.0 Å². The van der Waals surface area contributed by atoms with E-state index in [1.807, 2.05) is 0 Å². The number of halogens is 2. The molecule has 0 saturated carbocycles. The molecule has 1 fully saturated rings. The van der Waals surface area contributed by atoms with E-state index in [1.54, 1.807) is 6.07 Å². The van der Waals surface area contributed by atoms with Crippen molar-refractivity contribution in [1.29, 1.82) is 0 Å². The Hall–Kier alpha value is -1.38. The van der Waals surface area contributed by atoms with E-state index in [2.05, 4.69) is 20.9 Å². The van der Waals surface area contributed by atoms with Gasteiger partial charge >= 0.3 is 0 Å². The van der Waals surface area contributed by atoms with Crippen LogP contribution in [0.1, 0.15) is 17.9 Å². The van der Waals surface area contributed by atoms with Crippen molar-refractivity contribution in [1.82, 2.24) is 0 Å². The van der Waals surface area contributed by atoms with Crippen LogP contribution < -0.4 is 0 Å². The second-order valence-corrected chi connectivity index (χ2v) is 9.00. The van der Waals surface area contributed by atoms with Gasteiger partial charge in [0.05, 0.1) is 39.1 Å². The van der Waals surface area contributed by atoms with Crippen LogP contribution in [0.2, 0.25) is 0 Å². The molecule has 3 heterocycles. The molecule has 3 aliphatic rings. The molecule has 0 N–H and O–H groups in total. The number of hydrogen-bond donors (Lipinski definition) is 0. The highest BCUT2D eigenvalue weighted by atomic mass is 79.9. The molecular formula is C16H13BrFNO4S. The minimum atomic E-state index is -3.47. The van der Waals surface area contributed by atoms with Gasteiger partial charge in [-0.15, -0.1) is 0 Å². The van der Waals surface area contributed by atoms with Gasteiger partial charge in [0.2, 0.25) is 0 Å². The van der Waals surface area contributed by atoms with Gasteiger partial charge in [-0.25, -0.2) is 12.8 Å². The SMILES string of the molecule is O=C1COCC2=NC3=C([C@H](c4ccc(F)c(Br)c4)C12)S(=O)(=O)CC3. The van der Waals surface area contributed by atoms with Crippen LogP contribution >= 0.6 is 15.9 Å². The summed E-state index contributed by atoms with van der Waals surface area (Å²) in [6.07, 6.45) is 0.334. The van der Waals surface area contributed by atoms with Crippen LogP contribution in [-0.2, 0) is 19.4 Å².